The summed E-state index contributed by atoms with van der Waals surface area (Å²) in [5.74, 6) is -0.0755. The van der Waals surface area contributed by atoms with E-state index in [-0.39, 0.29) is 11.4 Å². The van der Waals surface area contributed by atoms with Crippen molar-refractivity contribution in [3.63, 3.8) is 0 Å². The summed E-state index contributed by atoms with van der Waals surface area (Å²) in [5.41, 5.74) is 0.851. The third-order valence-electron chi connectivity index (χ3n) is 2.21. The van der Waals surface area contributed by atoms with Crippen LogP contribution in [0.15, 0.2) is 30.3 Å². The van der Waals surface area contributed by atoms with E-state index in [4.69, 9.17) is 4.74 Å². The maximum atomic E-state index is 11.7. The van der Waals surface area contributed by atoms with E-state index in [1.807, 2.05) is 51.1 Å². The minimum atomic E-state index is -0.436. The van der Waals surface area contributed by atoms with Crippen molar-refractivity contribution in [1.29, 1.82) is 0 Å². The molecule has 0 radical (unpaired) electrons. The molecule has 1 atom stereocenters. The van der Waals surface area contributed by atoms with Gasteiger partial charge in [-0.1, -0.05) is 30.3 Å². The van der Waals surface area contributed by atoms with Gasteiger partial charge in [0.25, 0.3) is 0 Å². The lowest BCUT2D eigenvalue weighted by atomic mass is 10.1. The minimum Gasteiger partial charge on any atom is -0.364 e. The number of carbonyl (C=O) groups excluding carboxylic acids is 1. The lowest BCUT2D eigenvalue weighted by Crippen LogP contribution is -2.45. The molecule has 1 aromatic carbocycles. The molecule has 17 heavy (non-hydrogen) atoms. The molecule has 0 aromatic heterocycles. The van der Waals surface area contributed by atoms with Crippen LogP contribution in [0.3, 0.4) is 0 Å². The Morgan fingerprint density at radius 2 is 1.88 bits per heavy atom. The van der Waals surface area contributed by atoms with Crippen LogP contribution in [-0.4, -0.2) is 17.6 Å². The third-order valence-corrected chi connectivity index (χ3v) is 2.21. The van der Waals surface area contributed by atoms with Gasteiger partial charge in [0.2, 0.25) is 5.91 Å². The molecule has 3 heteroatoms. The molecule has 0 saturated heterocycles. The van der Waals surface area contributed by atoms with Gasteiger partial charge in [-0.15, -0.1) is 0 Å². The van der Waals surface area contributed by atoms with Crippen LogP contribution < -0.4 is 5.32 Å². The van der Waals surface area contributed by atoms with E-state index < -0.39 is 6.10 Å². The van der Waals surface area contributed by atoms with E-state index in [1.165, 1.54) is 0 Å². The molecule has 1 amide bonds. The van der Waals surface area contributed by atoms with Crippen LogP contribution in [0.25, 0.3) is 0 Å². The van der Waals surface area contributed by atoms with Crippen molar-refractivity contribution in [1.82, 2.24) is 5.32 Å². The van der Waals surface area contributed by atoms with E-state index in [0.29, 0.717) is 6.61 Å². The van der Waals surface area contributed by atoms with Crippen LogP contribution in [-0.2, 0) is 16.1 Å². The van der Waals surface area contributed by atoms with E-state index in [1.54, 1.807) is 6.92 Å². The number of hydrogen-bond donors (Lipinski definition) is 1. The van der Waals surface area contributed by atoms with Crippen molar-refractivity contribution >= 4 is 5.91 Å². The minimum absolute atomic E-state index is 0.0755. The first-order valence-corrected chi connectivity index (χ1v) is 5.86. The average molecular weight is 235 g/mol. The van der Waals surface area contributed by atoms with Gasteiger partial charge in [0, 0.05) is 5.54 Å². The average Bonchev–Trinajstić information content (AvgIpc) is 2.25. The van der Waals surface area contributed by atoms with Crippen molar-refractivity contribution in [3.8, 4) is 0 Å². The smallest absolute Gasteiger partial charge is 0.249 e. The zero-order valence-corrected chi connectivity index (χ0v) is 11.0. The fraction of sp³-hybridized carbons (Fsp3) is 0.500. The first-order chi connectivity index (χ1) is 7.88. The fourth-order valence-corrected chi connectivity index (χ4v) is 1.34. The summed E-state index contributed by atoms with van der Waals surface area (Å²) in [6.45, 7) is 8.09. The Balaban J connectivity index is 2.40. The number of rotatable bonds is 4. The Labute approximate surface area is 103 Å². The molecule has 0 aliphatic carbocycles. The van der Waals surface area contributed by atoms with E-state index in [2.05, 4.69) is 5.32 Å². The first-order valence-electron chi connectivity index (χ1n) is 5.86. The van der Waals surface area contributed by atoms with Crippen molar-refractivity contribution in [2.75, 3.05) is 0 Å². The molecular formula is C14H21NO2. The molecule has 94 valence electrons. The number of nitrogens with one attached hydrogen (secondary N) is 1. The highest BCUT2D eigenvalue weighted by atomic mass is 16.5. The lowest BCUT2D eigenvalue weighted by molar-refractivity contribution is -0.133. The van der Waals surface area contributed by atoms with Crippen LogP contribution in [0.4, 0.5) is 0 Å². The molecule has 0 aliphatic rings. The highest BCUT2D eigenvalue weighted by molar-refractivity contribution is 5.80. The predicted octanol–water partition coefficient (Wildman–Crippen LogP) is 2.51. The molecule has 1 rings (SSSR count). The number of carbonyl (C=O) groups is 1. The van der Waals surface area contributed by atoms with Gasteiger partial charge < -0.3 is 10.1 Å². The molecule has 0 fully saturated rings. The molecule has 1 aromatic rings. The van der Waals surface area contributed by atoms with Gasteiger partial charge in [0.05, 0.1) is 6.61 Å². The summed E-state index contributed by atoms with van der Waals surface area (Å²) in [7, 11) is 0. The number of amides is 1. The highest BCUT2D eigenvalue weighted by Gasteiger charge is 2.19. The van der Waals surface area contributed by atoms with Crippen molar-refractivity contribution < 1.29 is 9.53 Å². The molecule has 0 aliphatic heterocycles. The van der Waals surface area contributed by atoms with Gasteiger partial charge in [-0.3, -0.25) is 4.79 Å². The van der Waals surface area contributed by atoms with Crippen molar-refractivity contribution in [2.45, 2.75) is 45.9 Å². The summed E-state index contributed by atoms with van der Waals surface area (Å²) in [6.07, 6.45) is -0.436. The van der Waals surface area contributed by atoms with Crippen molar-refractivity contribution in [2.24, 2.45) is 0 Å². The van der Waals surface area contributed by atoms with Crippen LogP contribution in [0.5, 0.6) is 0 Å². The summed E-state index contributed by atoms with van der Waals surface area (Å²) in [4.78, 5) is 11.7. The maximum absolute atomic E-state index is 11.7. The SMILES string of the molecule is CC(OCc1ccccc1)C(=O)NC(C)(C)C. The molecule has 1 unspecified atom stereocenters. The number of benzene rings is 1. The summed E-state index contributed by atoms with van der Waals surface area (Å²) in [6, 6.07) is 9.83. The Bertz CT molecular complexity index is 354. The van der Waals surface area contributed by atoms with Gasteiger partial charge in [0.1, 0.15) is 6.10 Å². The molecule has 0 heterocycles. The van der Waals surface area contributed by atoms with Gasteiger partial charge in [-0.25, -0.2) is 0 Å². The van der Waals surface area contributed by atoms with Gasteiger partial charge in [-0.2, -0.15) is 0 Å². The molecule has 3 nitrogen and oxygen atoms in total. The molecule has 0 bridgehead atoms. The second-order valence-electron chi connectivity index (χ2n) is 5.18. The first kappa shape index (κ1) is 13.7. The van der Waals surface area contributed by atoms with Gasteiger partial charge in [-0.05, 0) is 33.3 Å². The topological polar surface area (TPSA) is 38.3 Å². The van der Waals surface area contributed by atoms with Gasteiger partial charge in [0.15, 0.2) is 0 Å². The summed E-state index contributed by atoms with van der Waals surface area (Å²) < 4.78 is 5.52. The Morgan fingerprint density at radius 1 is 1.29 bits per heavy atom. The molecule has 1 N–H and O–H groups in total. The second-order valence-corrected chi connectivity index (χ2v) is 5.18. The Morgan fingerprint density at radius 3 is 2.41 bits per heavy atom. The van der Waals surface area contributed by atoms with Crippen LogP contribution in [0.2, 0.25) is 0 Å². The van der Waals surface area contributed by atoms with E-state index >= 15 is 0 Å². The standard InChI is InChI=1S/C14H21NO2/c1-11(13(16)15-14(2,3)4)17-10-12-8-6-5-7-9-12/h5-9,11H,10H2,1-4H3,(H,15,16). The zero-order valence-electron chi connectivity index (χ0n) is 11.0. The summed E-state index contributed by atoms with van der Waals surface area (Å²) >= 11 is 0. The highest BCUT2D eigenvalue weighted by Crippen LogP contribution is 2.05. The molecule has 0 spiro atoms. The van der Waals surface area contributed by atoms with Crippen molar-refractivity contribution in [3.05, 3.63) is 35.9 Å². The van der Waals surface area contributed by atoms with E-state index in [9.17, 15) is 4.79 Å². The largest absolute Gasteiger partial charge is 0.364 e. The summed E-state index contributed by atoms with van der Waals surface area (Å²) in [5, 5.41) is 2.89. The number of ether oxygens (including phenoxy) is 1. The normalized spacial score (nSPS) is 13.2. The van der Waals surface area contributed by atoms with E-state index in [0.717, 1.165) is 5.56 Å². The zero-order chi connectivity index (χ0) is 12.9. The van der Waals surface area contributed by atoms with Crippen LogP contribution in [0, 0.1) is 0 Å². The Hall–Kier alpha value is -1.35. The quantitative estimate of drug-likeness (QED) is 0.870. The Kier molecular flexibility index (Phi) is 4.70. The van der Waals surface area contributed by atoms with Crippen LogP contribution in [0.1, 0.15) is 33.3 Å². The third kappa shape index (κ3) is 5.50. The lowest BCUT2D eigenvalue weighted by Gasteiger charge is -2.23. The monoisotopic (exact) mass is 235 g/mol. The molecular weight excluding hydrogens is 214 g/mol. The number of hydrogen-bond acceptors (Lipinski definition) is 2. The predicted molar refractivity (Wildman–Crippen MR) is 68.6 cm³/mol. The second kappa shape index (κ2) is 5.82. The maximum Gasteiger partial charge on any atom is 0.249 e. The molecule has 0 saturated carbocycles. The fourth-order valence-electron chi connectivity index (χ4n) is 1.34. The van der Waals surface area contributed by atoms with Gasteiger partial charge >= 0.3 is 0 Å². The van der Waals surface area contributed by atoms with Crippen LogP contribution >= 0.6 is 0 Å².